The lowest BCUT2D eigenvalue weighted by Gasteiger charge is -2.30. The van der Waals surface area contributed by atoms with E-state index in [1.165, 1.54) is 45.4 Å². The fourth-order valence-corrected chi connectivity index (χ4v) is 1.83. The smallest absolute Gasteiger partial charge is 0.116 e. The molecule has 0 saturated carbocycles. The van der Waals surface area contributed by atoms with Crippen LogP contribution in [0.4, 0.5) is 0 Å². The Morgan fingerprint density at radius 2 is 1.31 bits per heavy atom. The third-order valence-corrected chi connectivity index (χ3v) is 3.31. The number of carbonyl (C=O) groups excluding carboxylic acids is 1. The monoisotopic (exact) mass is 228 g/mol. The van der Waals surface area contributed by atoms with Crippen molar-refractivity contribution in [3.63, 3.8) is 0 Å². The van der Waals surface area contributed by atoms with Gasteiger partial charge in [0.25, 0.3) is 0 Å². The normalized spacial score (nSPS) is 9.31. The predicted molar refractivity (Wildman–Crippen MR) is 75.8 cm³/mol. The molecule has 1 heteroatoms. The summed E-state index contributed by atoms with van der Waals surface area (Å²) < 4.78 is 0. The molecular formula is C15H32O. The second-order valence-corrected chi connectivity index (χ2v) is 3.90. The maximum Gasteiger partial charge on any atom is 0.116 e. The first-order valence-corrected chi connectivity index (χ1v) is 6.56. The molecule has 0 spiro atoms. The van der Waals surface area contributed by atoms with E-state index in [0.717, 1.165) is 6.29 Å². The van der Waals surface area contributed by atoms with Gasteiger partial charge in [-0.1, -0.05) is 59.8 Å². The summed E-state index contributed by atoms with van der Waals surface area (Å²) in [6, 6.07) is 0. The van der Waals surface area contributed by atoms with Crippen LogP contribution < -0.4 is 0 Å². The van der Waals surface area contributed by atoms with E-state index in [9.17, 15) is 0 Å². The fraction of sp³-hybridized carbons (Fsp3) is 0.800. The van der Waals surface area contributed by atoms with E-state index in [2.05, 4.69) is 40.9 Å². The van der Waals surface area contributed by atoms with E-state index in [-0.39, 0.29) is 0 Å². The van der Waals surface area contributed by atoms with Crippen molar-refractivity contribution in [3.05, 3.63) is 13.2 Å². The highest BCUT2D eigenvalue weighted by Crippen LogP contribution is 2.35. The average Bonchev–Trinajstić information content (AvgIpc) is 2.35. The second kappa shape index (κ2) is 16.8. The zero-order valence-corrected chi connectivity index (χ0v) is 12.1. The molecule has 0 aromatic carbocycles. The van der Waals surface area contributed by atoms with Crippen LogP contribution in [0.1, 0.15) is 73.1 Å². The van der Waals surface area contributed by atoms with Crippen molar-refractivity contribution in [2.75, 3.05) is 0 Å². The van der Waals surface area contributed by atoms with Gasteiger partial charge in [0.15, 0.2) is 0 Å². The van der Waals surface area contributed by atoms with E-state index in [4.69, 9.17) is 4.79 Å². The summed E-state index contributed by atoms with van der Waals surface area (Å²) in [7, 11) is 0. The van der Waals surface area contributed by atoms with Crippen LogP contribution in [0, 0.1) is 5.41 Å². The Morgan fingerprint density at radius 1 is 1.00 bits per heavy atom. The number of hydrogen-bond acceptors (Lipinski definition) is 1. The molecule has 0 bridgehead atoms. The van der Waals surface area contributed by atoms with E-state index >= 15 is 0 Å². The lowest BCUT2D eigenvalue weighted by molar-refractivity contribution is -0.106. The third-order valence-electron chi connectivity index (χ3n) is 3.31. The van der Waals surface area contributed by atoms with E-state index in [1.807, 2.05) is 0 Å². The molecule has 0 aromatic rings. The van der Waals surface area contributed by atoms with E-state index < -0.39 is 0 Å². The lowest BCUT2D eigenvalue weighted by atomic mass is 9.76. The van der Waals surface area contributed by atoms with Gasteiger partial charge in [0.05, 0.1) is 0 Å². The Hall–Kier alpha value is -0.590. The standard InChI is InChI=1S/C11H24.C2H4O.C2H4/c1-5-9-10-11(6-2,7-3)8-4;1-2-3;1-2/h5-10H2,1-4H3;2H,1H3;1-2H2. The molecule has 0 aliphatic rings. The summed E-state index contributed by atoms with van der Waals surface area (Å²) >= 11 is 0. The number of aldehydes is 1. The highest BCUT2D eigenvalue weighted by atomic mass is 16.1. The van der Waals surface area contributed by atoms with Crippen LogP contribution in [0.5, 0.6) is 0 Å². The SMILES string of the molecule is C=C.CC=O.CCCCC(CC)(CC)CC. The summed E-state index contributed by atoms with van der Waals surface area (Å²) in [6.07, 6.45) is 9.03. The van der Waals surface area contributed by atoms with Gasteiger partial charge in [-0.2, -0.15) is 0 Å². The zero-order chi connectivity index (χ0) is 13.4. The van der Waals surface area contributed by atoms with Gasteiger partial charge in [-0.15, -0.1) is 13.2 Å². The summed E-state index contributed by atoms with van der Waals surface area (Å²) in [5.41, 5.74) is 0.677. The maximum atomic E-state index is 8.81. The number of hydrogen-bond donors (Lipinski definition) is 0. The van der Waals surface area contributed by atoms with Crippen molar-refractivity contribution in [1.82, 2.24) is 0 Å². The van der Waals surface area contributed by atoms with Crippen LogP contribution in [0.25, 0.3) is 0 Å². The van der Waals surface area contributed by atoms with Crippen LogP contribution >= 0.6 is 0 Å². The molecule has 0 atom stereocenters. The fourth-order valence-electron chi connectivity index (χ4n) is 1.83. The molecule has 0 radical (unpaired) electrons. The maximum absolute atomic E-state index is 8.81. The van der Waals surface area contributed by atoms with Gasteiger partial charge in [-0.05, 0) is 18.8 Å². The molecule has 0 fully saturated rings. The Kier molecular flexibility index (Phi) is 21.8. The van der Waals surface area contributed by atoms with Gasteiger partial charge in [0, 0.05) is 0 Å². The van der Waals surface area contributed by atoms with Gasteiger partial charge in [-0.3, -0.25) is 0 Å². The molecule has 0 amide bonds. The summed E-state index contributed by atoms with van der Waals surface area (Å²) in [6.45, 7) is 16.7. The molecular weight excluding hydrogens is 196 g/mol. The minimum absolute atomic E-state index is 0.677. The quantitative estimate of drug-likeness (QED) is 0.439. The van der Waals surface area contributed by atoms with Crippen LogP contribution in [-0.4, -0.2) is 6.29 Å². The molecule has 0 aliphatic carbocycles. The van der Waals surface area contributed by atoms with E-state index in [1.54, 1.807) is 0 Å². The molecule has 98 valence electrons. The first-order valence-electron chi connectivity index (χ1n) is 6.56. The molecule has 0 N–H and O–H groups in total. The topological polar surface area (TPSA) is 17.1 Å². The van der Waals surface area contributed by atoms with Crippen molar-refractivity contribution < 1.29 is 4.79 Å². The highest BCUT2D eigenvalue weighted by Gasteiger charge is 2.22. The van der Waals surface area contributed by atoms with Crippen LogP contribution in [0.3, 0.4) is 0 Å². The van der Waals surface area contributed by atoms with Gasteiger partial charge < -0.3 is 4.79 Å². The molecule has 0 heterocycles. The van der Waals surface area contributed by atoms with Gasteiger partial charge in [0.1, 0.15) is 6.29 Å². The van der Waals surface area contributed by atoms with Crippen molar-refractivity contribution in [2.24, 2.45) is 5.41 Å². The highest BCUT2D eigenvalue weighted by molar-refractivity contribution is 5.44. The Labute approximate surface area is 103 Å². The molecule has 0 aliphatic heterocycles. The Balaban J connectivity index is -0.000000289. The van der Waals surface area contributed by atoms with Crippen molar-refractivity contribution >= 4 is 6.29 Å². The van der Waals surface area contributed by atoms with Crippen molar-refractivity contribution in [2.45, 2.75) is 73.1 Å². The molecule has 0 rings (SSSR count). The van der Waals surface area contributed by atoms with Crippen LogP contribution in [0.2, 0.25) is 0 Å². The van der Waals surface area contributed by atoms with Gasteiger partial charge in [-0.25, -0.2) is 0 Å². The minimum atomic E-state index is 0.677. The number of unbranched alkanes of at least 4 members (excludes halogenated alkanes) is 1. The molecule has 1 nitrogen and oxygen atoms in total. The summed E-state index contributed by atoms with van der Waals surface area (Å²) in [5.74, 6) is 0. The van der Waals surface area contributed by atoms with Crippen molar-refractivity contribution in [3.8, 4) is 0 Å². The van der Waals surface area contributed by atoms with E-state index in [0.29, 0.717) is 5.41 Å². The molecule has 0 saturated heterocycles. The predicted octanol–water partition coefficient (Wildman–Crippen LogP) is 5.40. The third kappa shape index (κ3) is 11.5. The average molecular weight is 228 g/mol. The second-order valence-electron chi connectivity index (χ2n) is 3.90. The zero-order valence-electron chi connectivity index (χ0n) is 12.1. The lowest BCUT2D eigenvalue weighted by Crippen LogP contribution is -2.17. The Morgan fingerprint density at radius 3 is 1.50 bits per heavy atom. The van der Waals surface area contributed by atoms with Gasteiger partial charge >= 0.3 is 0 Å². The minimum Gasteiger partial charge on any atom is -0.304 e. The molecule has 0 unspecified atom stereocenters. The van der Waals surface area contributed by atoms with Crippen molar-refractivity contribution in [1.29, 1.82) is 0 Å². The van der Waals surface area contributed by atoms with Crippen LogP contribution in [-0.2, 0) is 4.79 Å². The number of carbonyl (C=O) groups is 1. The summed E-state index contributed by atoms with van der Waals surface area (Å²) in [4.78, 5) is 8.81. The first-order chi connectivity index (χ1) is 7.66. The van der Waals surface area contributed by atoms with Gasteiger partial charge in [0.2, 0.25) is 0 Å². The summed E-state index contributed by atoms with van der Waals surface area (Å²) in [5, 5.41) is 0. The molecule has 0 aromatic heterocycles. The first kappa shape index (κ1) is 20.8. The molecule has 16 heavy (non-hydrogen) atoms. The largest absolute Gasteiger partial charge is 0.304 e. The van der Waals surface area contributed by atoms with Crippen LogP contribution in [0.15, 0.2) is 13.2 Å². The number of rotatable bonds is 6. The Bertz CT molecular complexity index is 117.